The fraction of sp³-hybridized carbons (Fsp3) is 0.875. The van der Waals surface area contributed by atoms with Gasteiger partial charge in [-0.1, -0.05) is 6.92 Å². The third-order valence-electron chi connectivity index (χ3n) is 2.49. The molecule has 1 aliphatic carbocycles. The van der Waals surface area contributed by atoms with Gasteiger partial charge >= 0.3 is 5.97 Å². The van der Waals surface area contributed by atoms with Crippen LogP contribution in [0, 0.1) is 5.92 Å². The maximum absolute atomic E-state index is 10.8. The van der Waals surface area contributed by atoms with Crippen LogP contribution in [-0.2, 0) is 9.53 Å². The molecular weight excluding hydrogens is 144 g/mol. The number of ether oxygens (including phenoxy) is 1. The van der Waals surface area contributed by atoms with Gasteiger partial charge in [-0.05, 0) is 25.2 Å². The quantitative estimate of drug-likeness (QED) is 0.670. The van der Waals surface area contributed by atoms with Crippen LogP contribution in [0.2, 0.25) is 0 Å². The van der Waals surface area contributed by atoms with E-state index in [1.54, 1.807) is 0 Å². The largest absolute Gasteiger partial charge is 0.479 e. The highest BCUT2D eigenvalue weighted by Crippen LogP contribution is 2.43. The summed E-state index contributed by atoms with van der Waals surface area (Å²) in [7, 11) is 1.48. The van der Waals surface area contributed by atoms with Gasteiger partial charge in [-0.15, -0.1) is 0 Å². The van der Waals surface area contributed by atoms with Crippen molar-refractivity contribution < 1.29 is 14.6 Å². The molecular formula is C8H14O3. The minimum absolute atomic E-state index is 0.245. The molecule has 1 unspecified atom stereocenters. The molecule has 1 aliphatic rings. The van der Waals surface area contributed by atoms with Crippen molar-refractivity contribution in [1.82, 2.24) is 0 Å². The first kappa shape index (κ1) is 8.53. The Morgan fingerprint density at radius 3 is 2.36 bits per heavy atom. The molecule has 3 heteroatoms. The number of rotatable bonds is 4. The van der Waals surface area contributed by atoms with E-state index in [2.05, 4.69) is 0 Å². The summed E-state index contributed by atoms with van der Waals surface area (Å²) in [6.07, 6.45) is 2.55. The van der Waals surface area contributed by atoms with E-state index in [0.29, 0.717) is 6.42 Å². The normalized spacial score (nSPS) is 22.7. The van der Waals surface area contributed by atoms with Crippen molar-refractivity contribution in [2.24, 2.45) is 5.92 Å². The van der Waals surface area contributed by atoms with Gasteiger partial charge in [-0.2, -0.15) is 0 Å². The Kier molecular flexibility index (Phi) is 2.18. The number of hydrogen-bond donors (Lipinski definition) is 1. The van der Waals surface area contributed by atoms with Crippen molar-refractivity contribution in [2.75, 3.05) is 7.11 Å². The monoisotopic (exact) mass is 158 g/mol. The topological polar surface area (TPSA) is 46.5 Å². The minimum Gasteiger partial charge on any atom is -0.479 e. The van der Waals surface area contributed by atoms with Gasteiger partial charge in [-0.3, -0.25) is 0 Å². The average Bonchev–Trinajstić information content (AvgIpc) is 2.74. The van der Waals surface area contributed by atoms with Crippen LogP contribution in [0.15, 0.2) is 0 Å². The Labute approximate surface area is 66.4 Å². The fourth-order valence-electron chi connectivity index (χ4n) is 1.56. The van der Waals surface area contributed by atoms with Gasteiger partial charge in [-0.25, -0.2) is 4.79 Å². The van der Waals surface area contributed by atoms with Crippen LogP contribution in [0.5, 0.6) is 0 Å². The first-order chi connectivity index (χ1) is 5.17. The molecule has 1 saturated carbocycles. The summed E-state index contributed by atoms with van der Waals surface area (Å²) < 4.78 is 5.07. The summed E-state index contributed by atoms with van der Waals surface area (Å²) in [5, 5.41) is 8.91. The second-order valence-corrected chi connectivity index (χ2v) is 3.03. The molecule has 1 N–H and O–H groups in total. The smallest absolute Gasteiger partial charge is 0.336 e. The van der Waals surface area contributed by atoms with Gasteiger partial charge in [0.25, 0.3) is 0 Å². The molecule has 1 fully saturated rings. The highest BCUT2D eigenvalue weighted by molar-refractivity contribution is 5.78. The first-order valence-electron chi connectivity index (χ1n) is 3.96. The molecule has 0 aromatic carbocycles. The molecule has 0 spiro atoms. The van der Waals surface area contributed by atoms with Gasteiger partial charge in [0.1, 0.15) is 0 Å². The van der Waals surface area contributed by atoms with Crippen LogP contribution >= 0.6 is 0 Å². The lowest BCUT2D eigenvalue weighted by atomic mass is 9.94. The van der Waals surface area contributed by atoms with Crippen molar-refractivity contribution >= 4 is 5.97 Å². The molecule has 11 heavy (non-hydrogen) atoms. The summed E-state index contributed by atoms with van der Waals surface area (Å²) in [5.41, 5.74) is -0.889. The standard InChI is InChI=1S/C8H14O3/c1-3-8(11-2,7(9)10)6-4-5-6/h6H,3-5H2,1-2H3,(H,9,10). The van der Waals surface area contributed by atoms with Crippen molar-refractivity contribution in [2.45, 2.75) is 31.8 Å². The Morgan fingerprint density at radius 1 is 1.73 bits per heavy atom. The molecule has 0 saturated heterocycles. The van der Waals surface area contributed by atoms with Gasteiger partial charge in [0, 0.05) is 7.11 Å². The van der Waals surface area contributed by atoms with Crippen molar-refractivity contribution in [3.8, 4) is 0 Å². The molecule has 0 amide bonds. The van der Waals surface area contributed by atoms with Crippen molar-refractivity contribution in [3.63, 3.8) is 0 Å². The number of methoxy groups -OCH3 is 1. The molecule has 3 nitrogen and oxygen atoms in total. The molecule has 0 aliphatic heterocycles. The van der Waals surface area contributed by atoms with E-state index in [0.717, 1.165) is 12.8 Å². The van der Waals surface area contributed by atoms with E-state index >= 15 is 0 Å². The van der Waals surface area contributed by atoms with Crippen LogP contribution in [0.3, 0.4) is 0 Å². The van der Waals surface area contributed by atoms with Crippen LogP contribution < -0.4 is 0 Å². The van der Waals surface area contributed by atoms with Gasteiger partial charge < -0.3 is 9.84 Å². The Bertz CT molecular complexity index is 157. The number of carboxylic acid groups (broad SMARTS) is 1. The van der Waals surface area contributed by atoms with Crippen LogP contribution in [0.1, 0.15) is 26.2 Å². The number of carboxylic acids is 1. The third-order valence-corrected chi connectivity index (χ3v) is 2.49. The Balaban J connectivity index is 2.73. The average molecular weight is 158 g/mol. The zero-order valence-electron chi connectivity index (χ0n) is 6.96. The fourth-order valence-corrected chi connectivity index (χ4v) is 1.56. The number of hydrogen-bond acceptors (Lipinski definition) is 2. The molecule has 0 heterocycles. The molecule has 64 valence electrons. The Morgan fingerprint density at radius 2 is 2.27 bits per heavy atom. The van der Waals surface area contributed by atoms with Crippen LogP contribution in [-0.4, -0.2) is 23.8 Å². The van der Waals surface area contributed by atoms with E-state index in [9.17, 15) is 4.79 Å². The van der Waals surface area contributed by atoms with Gasteiger partial charge in [0.2, 0.25) is 0 Å². The maximum atomic E-state index is 10.8. The van der Waals surface area contributed by atoms with E-state index < -0.39 is 11.6 Å². The van der Waals surface area contributed by atoms with E-state index in [-0.39, 0.29) is 5.92 Å². The minimum atomic E-state index is -0.889. The predicted octanol–water partition coefficient (Wildman–Crippen LogP) is 1.28. The second kappa shape index (κ2) is 2.81. The predicted molar refractivity (Wildman–Crippen MR) is 40.4 cm³/mol. The first-order valence-corrected chi connectivity index (χ1v) is 3.96. The molecule has 1 atom stereocenters. The molecule has 1 rings (SSSR count). The SMILES string of the molecule is CCC(OC)(C(=O)O)C1CC1. The van der Waals surface area contributed by atoms with E-state index in [4.69, 9.17) is 9.84 Å². The van der Waals surface area contributed by atoms with Crippen LogP contribution in [0.4, 0.5) is 0 Å². The summed E-state index contributed by atoms with van der Waals surface area (Å²) in [6, 6.07) is 0. The number of carbonyl (C=O) groups is 1. The van der Waals surface area contributed by atoms with Crippen molar-refractivity contribution in [3.05, 3.63) is 0 Å². The summed E-state index contributed by atoms with van der Waals surface area (Å²) in [5.74, 6) is -0.569. The van der Waals surface area contributed by atoms with Crippen molar-refractivity contribution in [1.29, 1.82) is 0 Å². The lowest BCUT2D eigenvalue weighted by Crippen LogP contribution is -2.42. The van der Waals surface area contributed by atoms with E-state index in [1.165, 1.54) is 7.11 Å². The molecule has 0 aromatic heterocycles. The molecule has 0 aromatic rings. The molecule has 0 radical (unpaired) electrons. The van der Waals surface area contributed by atoms with Gasteiger partial charge in [0.05, 0.1) is 0 Å². The second-order valence-electron chi connectivity index (χ2n) is 3.03. The van der Waals surface area contributed by atoms with E-state index in [1.807, 2.05) is 6.92 Å². The summed E-state index contributed by atoms with van der Waals surface area (Å²) in [4.78, 5) is 10.8. The zero-order valence-corrected chi connectivity index (χ0v) is 6.96. The number of aliphatic carboxylic acids is 1. The summed E-state index contributed by atoms with van der Waals surface area (Å²) in [6.45, 7) is 1.86. The highest BCUT2D eigenvalue weighted by atomic mass is 16.5. The van der Waals surface area contributed by atoms with Gasteiger partial charge in [0.15, 0.2) is 5.60 Å². The maximum Gasteiger partial charge on any atom is 0.336 e. The third kappa shape index (κ3) is 1.25. The lowest BCUT2D eigenvalue weighted by molar-refractivity contribution is -0.165. The lowest BCUT2D eigenvalue weighted by Gasteiger charge is -2.25. The molecule has 0 bridgehead atoms. The van der Waals surface area contributed by atoms with Crippen LogP contribution in [0.25, 0.3) is 0 Å². The highest BCUT2D eigenvalue weighted by Gasteiger charge is 2.50. The Hall–Kier alpha value is -0.570. The summed E-state index contributed by atoms with van der Waals surface area (Å²) >= 11 is 0. The zero-order chi connectivity index (χ0) is 8.48.